The highest BCUT2D eigenvalue weighted by atomic mass is 16.2. The summed E-state index contributed by atoms with van der Waals surface area (Å²) in [6.45, 7) is 7.05. The Balaban J connectivity index is 1.93. The molecule has 6 nitrogen and oxygen atoms in total. The summed E-state index contributed by atoms with van der Waals surface area (Å²) in [5, 5.41) is 7.35. The number of nitrogens with one attached hydrogen (secondary N) is 1. The van der Waals surface area contributed by atoms with E-state index in [0.29, 0.717) is 18.8 Å². The van der Waals surface area contributed by atoms with Crippen LogP contribution in [0.15, 0.2) is 36.4 Å². The maximum atomic E-state index is 13.1. The molecule has 1 fully saturated rings. The highest BCUT2D eigenvalue weighted by Crippen LogP contribution is 2.25. The lowest BCUT2D eigenvalue weighted by atomic mass is 10.0. The normalized spacial score (nSPS) is 18.8. The fourth-order valence-electron chi connectivity index (χ4n) is 3.21. The van der Waals surface area contributed by atoms with E-state index in [-0.39, 0.29) is 17.9 Å². The van der Waals surface area contributed by atoms with Crippen molar-refractivity contribution < 1.29 is 9.59 Å². The van der Waals surface area contributed by atoms with Gasteiger partial charge in [0.1, 0.15) is 6.04 Å². The average Bonchev–Trinajstić information content (AvgIpc) is 3.02. The van der Waals surface area contributed by atoms with E-state index in [0.717, 1.165) is 17.7 Å². The summed E-state index contributed by atoms with van der Waals surface area (Å²) >= 11 is 0. The third-order valence-corrected chi connectivity index (χ3v) is 4.74. The molecule has 0 bridgehead atoms. The van der Waals surface area contributed by atoms with Gasteiger partial charge >= 0.3 is 0 Å². The van der Waals surface area contributed by atoms with Gasteiger partial charge in [0.25, 0.3) is 5.91 Å². The van der Waals surface area contributed by atoms with Gasteiger partial charge in [0.2, 0.25) is 5.91 Å². The molecule has 2 aromatic rings. The number of carbonyl (C=O) groups excluding carboxylic acids is 2. The minimum absolute atomic E-state index is 0.149. The van der Waals surface area contributed by atoms with Gasteiger partial charge in [-0.15, -0.1) is 0 Å². The highest BCUT2D eigenvalue weighted by molar-refractivity contribution is 5.97. The lowest BCUT2D eigenvalue weighted by molar-refractivity contribution is -0.128. The van der Waals surface area contributed by atoms with Crippen molar-refractivity contribution in [2.45, 2.75) is 39.3 Å². The molecule has 6 heteroatoms. The first-order valence-corrected chi connectivity index (χ1v) is 8.72. The molecule has 0 saturated carbocycles. The zero-order valence-corrected chi connectivity index (χ0v) is 14.9. The van der Waals surface area contributed by atoms with Gasteiger partial charge in [0, 0.05) is 24.8 Å². The van der Waals surface area contributed by atoms with Gasteiger partial charge in [0.15, 0.2) is 5.69 Å². The van der Waals surface area contributed by atoms with Crippen LogP contribution in [0.2, 0.25) is 0 Å². The molecule has 1 N–H and O–H groups in total. The third kappa shape index (κ3) is 3.29. The first-order valence-electron chi connectivity index (χ1n) is 8.72. The lowest BCUT2D eigenvalue weighted by Gasteiger charge is -2.34. The molecular formula is C19H24N4O2. The number of amides is 2. The molecule has 2 atom stereocenters. The Morgan fingerprint density at radius 3 is 2.76 bits per heavy atom. The molecule has 2 heterocycles. The number of aryl methyl sites for hydroxylation is 1. The Morgan fingerprint density at radius 2 is 2.08 bits per heavy atom. The zero-order chi connectivity index (χ0) is 18.0. The van der Waals surface area contributed by atoms with E-state index >= 15 is 0 Å². The number of nitrogens with zero attached hydrogens (tertiary/aromatic N) is 3. The van der Waals surface area contributed by atoms with Crippen LogP contribution < -0.4 is 5.32 Å². The Bertz CT molecular complexity index is 769. The minimum atomic E-state index is -0.614. The number of aromatic nitrogens is 2. The molecule has 1 saturated heterocycles. The van der Waals surface area contributed by atoms with Crippen molar-refractivity contribution in [3.05, 3.63) is 53.3 Å². The van der Waals surface area contributed by atoms with Gasteiger partial charge < -0.3 is 10.2 Å². The largest absolute Gasteiger partial charge is 0.352 e. The molecule has 3 rings (SSSR count). The van der Waals surface area contributed by atoms with Crippen molar-refractivity contribution >= 4 is 11.8 Å². The van der Waals surface area contributed by atoms with E-state index < -0.39 is 6.04 Å². The lowest BCUT2D eigenvalue weighted by Crippen LogP contribution is -2.52. The summed E-state index contributed by atoms with van der Waals surface area (Å²) in [7, 11) is 0. The average molecular weight is 340 g/mol. The maximum absolute atomic E-state index is 13.1. The van der Waals surface area contributed by atoms with Crippen LogP contribution in [0, 0.1) is 6.92 Å². The second-order valence-electron chi connectivity index (χ2n) is 6.48. The summed E-state index contributed by atoms with van der Waals surface area (Å²) in [5.41, 5.74) is 2.16. The molecule has 132 valence electrons. The van der Waals surface area contributed by atoms with Crippen molar-refractivity contribution in [1.29, 1.82) is 0 Å². The summed E-state index contributed by atoms with van der Waals surface area (Å²) in [6, 6.07) is 10.8. The van der Waals surface area contributed by atoms with E-state index in [1.54, 1.807) is 4.90 Å². The second-order valence-corrected chi connectivity index (χ2v) is 6.48. The Hall–Kier alpha value is -2.63. The molecule has 2 unspecified atom stereocenters. The maximum Gasteiger partial charge on any atom is 0.275 e. The molecule has 25 heavy (non-hydrogen) atoms. The molecule has 1 aliphatic heterocycles. The first kappa shape index (κ1) is 17.2. The van der Waals surface area contributed by atoms with E-state index in [9.17, 15) is 9.59 Å². The molecular weight excluding hydrogens is 316 g/mol. The number of hydrogen-bond acceptors (Lipinski definition) is 3. The van der Waals surface area contributed by atoms with Crippen LogP contribution >= 0.6 is 0 Å². The molecule has 1 aliphatic rings. The highest BCUT2D eigenvalue weighted by Gasteiger charge is 2.35. The van der Waals surface area contributed by atoms with E-state index in [2.05, 4.69) is 24.3 Å². The number of carbonyl (C=O) groups is 2. The monoisotopic (exact) mass is 340 g/mol. The Labute approximate surface area is 147 Å². The first-order chi connectivity index (χ1) is 12.0. The summed E-state index contributed by atoms with van der Waals surface area (Å²) < 4.78 is 1.88. The van der Waals surface area contributed by atoms with Crippen LogP contribution in [0.1, 0.15) is 54.1 Å². The molecule has 0 spiro atoms. The van der Waals surface area contributed by atoms with Crippen molar-refractivity contribution in [3.8, 4) is 0 Å². The SMILES string of the molecule is CCC(C)n1nc(C(=O)N2CCNC(=O)C2c2ccccc2)cc1C. The Morgan fingerprint density at radius 1 is 1.36 bits per heavy atom. The summed E-state index contributed by atoms with van der Waals surface area (Å²) in [4.78, 5) is 27.1. The van der Waals surface area contributed by atoms with Crippen LogP contribution in [0.25, 0.3) is 0 Å². The molecule has 0 aliphatic carbocycles. The van der Waals surface area contributed by atoms with Gasteiger partial charge in [-0.05, 0) is 31.9 Å². The zero-order valence-electron chi connectivity index (χ0n) is 14.9. The fourth-order valence-corrected chi connectivity index (χ4v) is 3.21. The second kappa shape index (κ2) is 7.09. The number of hydrogen-bond donors (Lipinski definition) is 1. The quantitative estimate of drug-likeness (QED) is 0.930. The van der Waals surface area contributed by atoms with Crippen LogP contribution in [-0.4, -0.2) is 39.6 Å². The molecule has 2 amide bonds. The minimum Gasteiger partial charge on any atom is -0.352 e. The number of benzene rings is 1. The summed E-state index contributed by atoms with van der Waals surface area (Å²) in [6.07, 6.45) is 0.939. The van der Waals surface area contributed by atoms with E-state index in [1.807, 2.05) is 48.0 Å². The van der Waals surface area contributed by atoms with Gasteiger partial charge in [-0.3, -0.25) is 14.3 Å². The van der Waals surface area contributed by atoms with Crippen molar-refractivity contribution in [1.82, 2.24) is 20.0 Å². The standard InChI is InChI=1S/C19H24N4O2/c1-4-13(2)23-14(3)12-16(21-23)19(25)22-11-10-20-18(24)17(22)15-8-6-5-7-9-15/h5-9,12-13,17H,4,10-11H2,1-3H3,(H,20,24). The fraction of sp³-hybridized carbons (Fsp3) is 0.421. The topological polar surface area (TPSA) is 67.2 Å². The van der Waals surface area contributed by atoms with Gasteiger partial charge in [-0.25, -0.2) is 0 Å². The van der Waals surface area contributed by atoms with Crippen LogP contribution in [0.5, 0.6) is 0 Å². The third-order valence-electron chi connectivity index (χ3n) is 4.74. The molecule has 0 radical (unpaired) electrons. The van der Waals surface area contributed by atoms with Gasteiger partial charge in [0.05, 0.1) is 0 Å². The predicted molar refractivity (Wildman–Crippen MR) is 95.2 cm³/mol. The van der Waals surface area contributed by atoms with Crippen molar-refractivity contribution in [2.24, 2.45) is 0 Å². The van der Waals surface area contributed by atoms with Crippen LogP contribution in [-0.2, 0) is 4.79 Å². The number of piperazine rings is 1. The number of rotatable bonds is 4. The van der Waals surface area contributed by atoms with E-state index in [4.69, 9.17) is 0 Å². The molecule has 1 aromatic heterocycles. The Kier molecular flexibility index (Phi) is 4.88. The van der Waals surface area contributed by atoms with Gasteiger partial charge in [-0.2, -0.15) is 5.10 Å². The van der Waals surface area contributed by atoms with Crippen LogP contribution in [0.3, 0.4) is 0 Å². The predicted octanol–water partition coefficient (Wildman–Crippen LogP) is 2.48. The smallest absolute Gasteiger partial charge is 0.275 e. The van der Waals surface area contributed by atoms with Crippen molar-refractivity contribution in [2.75, 3.05) is 13.1 Å². The van der Waals surface area contributed by atoms with Gasteiger partial charge in [-0.1, -0.05) is 37.3 Å². The van der Waals surface area contributed by atoms with Crippen LogP contribution in [0.4, 0.5) is 0 Å². The van der Waals surface area contributed by atoms with Crippen molar-refractivity contribution in [3.63, 3.8) is 0 Å². The molecule has 1 aromatic carbocycles. The summed E-state index contributed by atoms with van der Waals surface area (Å²) in [5.74, 6) is -0.349. The van der Waals surface area contributed by atoms with E-state index in [1.165, 1.54) is 0 Å².